The van der Waals surface area contributed by atoms with Crippen LogP contribution in [0.1, 0.15) is 51.0 Å². The molecular formula is C17H26N2O2S. The summed E-state index contributed by atoms with van der Waals surface area (Å²) in [5, 5.41) is 3.53. The Balaban J connectivity index is 1.80. The second kappa shape index (κ2) is 6.30. The van der Waals surface area contributed by atoms with Crippen molar-refractivity contribution in [2.75, 3.05) is 13.1 Å². The van der Waals surface area contributed by atoms with E-state index in [4.69, 9.17) is 0 Å². The minimum Gasteiger partial charge on any atom is -0.310 e. The average Bonchev–Trinajstić information content (AvgIpc) is 2.85. The van der Waals surface area contributed by atoms with Crippen LogP contribution in [0.2, 0.25) is 0 Å². The van der Waals surface area contributed by atoms with Crippen LogP contribution >= 0.6 is 0 Å². The second-order valence-electron chi connectivity index (χ2n) is 6.67. The summed E-state index contributed by atoms with van der Waals surface area (Å²) in [6.07, 6.45) is 4.25. The van der Waals surface area contributed by atoms with Crippen LogP contribution in [0.4, 0.5) is 0 Å². The number of rotatable bonds is 4. The van der Waals surface area contributed by atoms with Crippen LogP contribution in [0.3, 0.4) is 0 Å². The fourth-order valence-corrected chi connectivity index (χ4v) is 4.98. The summed E-state index contributed by atoms with van der Waals surface area (Å²) < 4.78 is 27.4. The molecule has 2 fully saturated rings. The molecule has 0 aromatic heterocycles. The maximum absolute atomic E-state index is 12.9. The fraction of sp³-hybridized carbons (Fsp3) is 0.647. The first-order valence-corrected chi connectivity index (χ1v) is 9.81. The molecule has 2 saturated heterocycles. The Morgan fingerprint density at radius 2 is 1.86 bits per heavy atom. The van der Waals surface area contributed by atoms with Crippen molar-refractivity contribution in [1.82, 2.24) is 9.62 Å². The van der Waals surface area contributed by atoms with Crippen molar-refractivity contribution in [2.45, 2.75) is 62.4 Å². The van der Waals surface area contributed by atoms with Gasteiger partial charge in [0.2, 0.25) is 10.0 Å². The first-order chi connectivity index (χ1) is 10.5. The van der Waals surface area contributed by atoms with E-state index in [0.717, 1.165) is 19.3 Å². The van der Waals surface area contributed by atoms with Gasteiger partial charge in [0.1, 0.15) is 0 Å². The predicted octanol–water partition coefficient (Wildman–Crippen LogP) is 2.72. The summed E-state index contributed by atoms with van der Waals surface area (Å²) >= 11 is 0. The summed E-state index contributed by atoms with van der Waals surface area (Å²) in [5.74, 6) is 0.467. The van der Waals surface area contributed by atoms with Gasteiger partial charge in [-0.1, -0.05) is 26.0 Å². The Morgan fingerprint density at radius 1 is 1.18 bits per heavy atom. The smallest absolute Gasteiger partial charge is 0.243 e. The molecule has 3 atom stereocenters. The highest BCUT2D eigenvalue weighted by Crippen LogP contribution is 2.26. The Hall–Kier alpha value is -0.910. The quantitative estimate of drug-likeness (QED) is 0.927. The highest BCUT2D eigenvalue weighted by molar-refractivity contribution is 7.89. The molecule has 2 aliphatic rings. The molecule has 2 bridgehead atoms. The van der Waals surface area contributed by atoms with E-state index < -0.39 is 10.0 Å². The van der Waals surface area contributed by atoms with Crippen LogP contribution in [-0.4, -0.2) is 37.9 Å². The Morgan fingerprint density at radius 3 is 2.55 bits per heavy atom. The van der Waals surface area contributed by atoms with Crippen molar-refractivity contribution in [3.63, 3.8) is 0 Å². The molecule has 0 amide bonds. The van der Waals surface area contributed by atoms with E-state index in [0.29, 0.717) is 36.0 Å². The van der Waals surface area contributed by atoms with Gasteiger partial charge in [0.25, 0.3) is 0 Å². The molecule has 22 heavy (non-hydrogen) atoms. The summed E-state index contributed by atoms with van der Waals surface area (Å²) in [4.78, 5) is 0.428. The molecule has 2 heterocycles. The molecule has 3 rings (SSSR count). The lowest BCUT2D eigenvalue weighted by Gasteiger charge is -2.24. The van der Waals surface area contributed by atoms with Gasteiger partial charge in [-0.2, -0.15) is 4.31 Å². The molecule has 4 nitrogen and oxygen atoms in total. The molecule has 0 saturated carbocycles. The highest BCUT2D eigenvalue weighted by Gasteiger charge is 2.34. The van der Waals surface area contributed by atoms with Gasteiger partial charge in [-0.05, 0) is 49.3 Å². The van der Waals surface area contributed by atoms with E-state index >= 15 is 0 Å². The van der Waals surface area contributed by atoms with Crippen molar-refractivity contribution >= 4 is 10.0 Å². The SMILES string of the molecule is CCC(C)c1ccc(S(=O)(=O)N2CCC3CCC(C2)N3)cc1. The maximum atomic E-state index is 12.9. The molecule has 1 N–H and O–H groups in total. The number of fused-ring (bicyclic) bond motifs is 2. The molecule has 0 spiro atoms. The third kappa shape index (κ3) is 3.07. The van der Waals surface area contributed by atoms with Gasteiger partial charge in [-0.15, -0.1) is 0 Å². The third-order valence-electron chi connectivity index (χ3n) is 5.19. The van der Waals surface area contributed by atoms with E-state index in [1.807, 2.05) is 12.1 Å². The lowest BCUT2D eigenvalue weighted by molar-refractivity contribution is 0.383. The normalized spacial score (nSPS) is 27.5. The van der Waals surface area contributed by atoms with Crippen molar-refractivity contribution in [2.24, 2.45) is 0 Å². The molecule has 3 unspecified atom stereocenters. The summed E-state index contributed by atoms with van der Waals surface area (Å²) in [6.45, 7) is 5.55. The van der Waals surface area contributed by atoms with Gasteiger partial charge in [0.15, 0.2) is 0 Å². The van der Waals surface area contributed by atoms with E-state index in [9.17, 15) is 8.42 Å². The average molecular weight is 322 g/mol. The monoisotopic (exact) mass is 322 g/mol. The number of sulfonamides is 1. The van der Waals surface area contributed by atoms with Gasteiger partial charge >= 0.3 is 0 Å². The minimum atomic E-state index is -3.36. The Kier molecular flexibility index (Phi) is 4.57. The van der Waals surface area contributed by atoms with Gasteiger partial charge in [-0.3, -0.25) is 0 Å². The van der Waals surface area contributed by atoms with Gasteiger partial charge in [0, 0.05) is 25.2 Å². The van der Waals surface area contributed by atoms with Crippen LogP contribution < -0.4 is 5.32 Å². The summed E-state index contributed by atoms with van der Waals surface area (Å²) in [5.41, 5.74) is 1.21. The molecule has 2 aliphatic heterocycles. The topological polar surface area (TPSA) is 49.4 Å². The molecule has 5 heteroatoms. The minimum absolute atomic E-state index is 0.321. The van der Waals surface area contributed by atoms with Crippen LogP contribution in [0.5, 0.6) is 0 Å². The van der Waals surface area contributed by atoms with E-state index in [-0.39, 0.29) is 0 Å². The summed E-state index contributed by atoms with van der Waals surface area (Å²) in [6, 6.07) is 8.28. The first-order valence-electron chi connectivity index (χ1n) is 8.37. The number of benzene rings is 1. The molecule has 0 aliphatic carbocycles. The molecule has 1 aromatic rings. The van der Waals surface area contributed by atoms with Crippen LogP contribution in [0, 0.1) is 0 Å². The zero-order chi connectivity index (χ0) is 15.7. The Bertz CT molecular complexity index is 612. The van der Waals surface area contributed by atoms with E-state index in [1.54, 1.807) is 16.4 Å². The standard InChI is InChI=1S/C17H26N2O2S/c1-3-13(2)14-4-8-17(9-5-14)22(20,21)19-11-10-15-6-7-16(12-19)18-15/h4-5,8-9,13,15-16,18H,3,6-7,10-12H2,1-2H3. The zero-order valence-electron chi connectivity index (χ0n) is 13.5. The van der Waals surface area contributed by atoms with Gasteiger partial charge < -0.3 is 5.32 Å². The van der Waals surface area contributed by atoms with E-state index in [1.165, 1.54) is 12.0 Å². The zero-order valence-corrected chi connectivity index (χ0v) is 14.3. The fourth-order valence-electron chi connectivity index (χ4n) is 3.48. The molecule has 1 aromatic carbocycles. The van der Waals surface area contributed by atoms with Gasteiger partial charge in [-0.25, -0.2) is 8.42 Å². The Labute approximate surface area is 134 Å². The maximum Gasteiger partial charge on any atom is 0.243 e. The lowest BCUT2D eigenvalue weighted by Crippen LogP contribution is -2.39. The number of nitrogens with zero attached hydrogens (tertiary/aromatic N) is 1. The first kappa shape index (κ1) is 16.0. The molecule has 0 radical (unpaired) electrons. The molecule has 122 valence electrons. The highest BCUT2D eigenvalue weighted by atomic mass is 32.2. The number of hydrogen-bond donors (Lipinski definition) is 1. The van der Waals surface area contributed by atoms with Crippen molar-refractivity contribution < 1.29 is 8.42 Å². The largest absolute Gasteiger partial charge is 0.310 e. The molecular weight excluding hydrogens is 296 g/mol. The van der Waals surface area contributed by atoms with Crippen LogP contribution in [0.15, 0.2) is 29.2 Å². The van der Waals surface area contributed by atoms with Crippen LogP contribution in [0.25, 0.3) is 0 Å². The lowest BCUT2D eigenvalue weighted by atomic mass is 9.99. The van der Waals surface area contributed by atoms with E-state index in [2.05, 4.69) is 19.2 Å². The van der Waals surface area contributed by atoms with Crippen molar-refractivity contribution in [3.8, 4) is 0 Å². The third-order valence-corrected chi connectivity index (χ3v) is 7.06. The number of nitrogens with one attached hydrogen (secondary N) is 1. The van der Waals surface area contributed by atoms with Crippen molar-refractivity contribution in [1.29, 1.82) is 0 Å². The van der Waals surface area contributed by atoms with Gasteiger partial charge in [0.05, 0.1) is 4.90 Å². The number of hydrogen-bond acceptors (Lipinski definition) is 3. The predicted molar refractivity (Wildman–Crippen MR) is 88.5 cm³/mol. The van der Waals surface area contributed by atoms with Crippen molar-refractivity contribution in [3.05, 3.63) is 29.8 Å². The van der Waals surface area contributed by atoms with Crippen LogP contribution in [-0.2, 0) is 10.0 Å². The second-order valence-corrected chi connectivity index (χ2v) is 8.61. The summed E-state index contributed by atoms with van der Waals surface area (Å²) in [7, 11) is -3.36.